The summed E-state index contributed by atoms with van der Waals surface area (Å²) in [6.45, 7) is 11.7. The Hall–Kier alpha value is -2.11. The smallest absolute Gasteiger partial charge is 0.255 e. The minimum Gasteiger partial charge on any atom is -0.346 e. The molecule has 1 saturated heterocycles. The monoisotopic (exact) mass is 330 g/mol. The molecule has 1 aliphatic rings. The summed E-state index contributed by atoms with van der Waals surface area (Å²) in [5.41, 5.74) is 3.03. The van der Waals surface area contributed by atoms with Crippen LogP contribution in [0, 0.1) is 20.8 Å². The average Bonchev–Trinajstić information content (AvgIpc) is 3.10. The number of carbonyl (C=O) groups excluding carboxylic acids is 1. The van der Waals surface area contributed by atoms with E-state index in [0.29, 0.717) is 11.9 Å². The molecule has 0 atom stereocenters. The minimum absolute atomic E-state index is 0.137. The van der Waals surface area contributed by atoms with Crippen LogP contribution in [-0.4, -0.2) is 38.6 Å². The number of aromatic nitrogens is 3. The van der Waals surface area contributed by atoms with E-state index in [0.717, 1.165) is 48.7 Å². The van der Waals surface area contributed by atoms with Gasteiger partial charge in [-0.2, -0.15) is 4.98 Å². The van der Waals surface area contributed by atoms with E-state index >= 15 is 0 Å². The zero-order valence-corrected chi connectivity index (χ0v) is 15.2. The zero-order chi connectivity index (χ0) is 17.4. The number of hydrogen-bond donors (Lipinski definition) is 0. The number of likely N-dealkylation sites (tertiary alicyclic amines) is 1. The van der Waals surface area contributed by atoms with Gasteiger partial charge in [-0.3, -0.25) is 4.79 Å². The summed E-state index contributed by atoms with van der Waals surface area (Å²) in [5.74, 6) is 1.80. The SMILES string of the molecule is Cc1nc(C2CCN(C(=O)c3cc(C)n(C(C)C)c3C)CC2)no1. The first-order valence-electron chi connectivity index (χ1n) is 8.66. The van der Waals surface area contributed by atoms with E-state index in [4.69, 9.17) is 4.52 Å². The van der Waals surface area contributed by atoms with Crippen LogP contribution in [0.3, 0.4) is 0 Å². The van der Waals surface area contributed by atoms with Crippen molar-refractivity contribution >= 4 is 5.91 Å². The fourth-order valence-electron chi connectivity index (χ4n) is 3.78. The first-order chi connectivity index (χ1) is 11.4. The van der Waals surface area contributed by atoms with Crippen LogP contribution in [0.2, 0.25) is 0 Å². The van der Waals surface area contributed by atoms with E-state index in [1.165, 1.54) is 0 Å². The molecule has 0 saturated carbocycles. The summed E-state index contributed by atoms with van der Waals surface area (Å²) >= 11 is 0. The molecule has 0 radical (unpaired) electrons. The molecule has 6 nitrogen and oxygen atoms in total. The van der Waals surface area contributed by atoms with Gasteiger partial charge in [0.05, 0.1) is 5.56 Å². The Morgan fingerprint density at radius 3 is 2.42 bits per heavy atom. The van der Waals surface area contributed by atoms with Crippen LogP contribution < -0.4 is 0 Å². The van der Waals surface area contributed by atoms with Crippen molar-refractivity contribution in [3.8, 4) is 0 Å². The molecular weight excluding hydrogens is 304 g/mol. The van der Waals surface area contributed by atoms with Crippen molar-refractivity contribution in [2.45, 2.75) is 59.4 Å². The summed E-state index contributed by atoms with van der Waals surface area (Å²) in [7, 11) is 0. The minimum atomic E-state index is 0.137. The van der Waals surface area contributed by atoms with Gasteiger partial charge in [0.15, 0.2) is 5.82 Å². The van der Waals surface area contributed by atoms with Gasteiger partial charge in [0.2, 0.25) is 5.89 Å². The van der Waals surface area contributed by atoms with Gasteiger partial charge in [-0.1, -0.05) is 5.16 Å². The quantitative estimate of drug-likeness (QED) is 0.865. The normalized spacial score (nSPS) is 16.2. The summed E-state index contributed by atoms with van der Waals surface area (Å²) in [6.07, 6.45) is 1.77. The average molecular weight is 330 g/mol. The molecule has 0 bridgehead atoms. The van der Waals surface area contributed by atoms with Crippen LogP contribution in [0.15, 0.2) is 10.6 Å². The van der Waals surface area contributed by atoms with Gasteiger partial charge < -0.3 is 14.0 Å². The third kappa shape index (κ3) is 2.97. The Balaban J connectivity index is 1.70. The van der Waals surface area contributed by atoms with Crippen molar-refractivity contribution in [3.05, 3.63) is 34.7 Å². The van der Waals surface area contributed by atoms with Crippen molar-refractivity contribution in [1.29, 1.82) is 0 Å². The number of hydrogen-bond acceptors (Lipinski definition) is 4. The predicted molar refractivity (Wildman–Crippen MR) is 91.2 cm³/mol. The van der Waals surface area contributed by atoms with E-state index in [1.54, 1.807) is 6.92 Å². The molecule has 6 heteroatoms. The molecule has 0 N–H and O–H groups in total. The van der Waals surface area contributed by atoms with Crippen molar-refractivity contribution in [2.75, 3.05) is 13.1 Å². The fraction of sp³-hybridized carbons (Fsp3) is 0.611. The van der Waals surface area contributed by atoms with Crippen LogP contribution in [0.4, 0.5) is 0 Å². The van der Waals surface area contributed by atoms with Gasteiger partial charge in [0.25, 0.3) is 5.91 Å². The third-order valence-corrected chi connectivity index (χ3v) is 4.92. The van der Waals surface area contributed by atoms with E-state index in [9.17, 15) is 4.79 Å². The van der Waals surface area contributed by atoms with Crippen LogP contribution >= 0.6 is 0 Å². The molecule has 0 unspecified atom stereocenters. The van der Waals surface area contributed by atoms with Gasteiger partial charge in [-0.05, 0) is 46.6 Å². The van der Waals surface area contributed by atoms with Crippen molar-refractivity contribution in [3.63, 3.8) is 0 Å². The largest absolute Gasteiger partial charge is 0.346 e. The highest BCUT2D eigenvalue weighted by Gasteiger charge is 2.29. The molecule has 0 spiro atoms. The highest BCUT2D eigenvalue weighted by atomic mass is 16.5. The lowest BCUT2D eigenvalue weighted by Gasteiger charge is -2.30. The van der Waals surface area contributed by atoms with Crippen LogP contribution in [-0.2, 0) is 0 Å². The molecule has 2 aromatic rings. The lowest BCUT2D eigenvalue weighted by atomic mass is 9.95. The molecule has 24 heavy (non-hydrogen) atoms. The lowest BCUT2D eigenvalue weighted by Crippen LogP contribution is -2.38. The molecular formula is C18H26N4O2. The molecule has 3 heterocycles. The Labute approximate surface area is 142 Å². The highest BCUT2D eigenvalue weighted by Crippen LogP contribution is 2.28. The number of amides is 1. The summed E-state index contributed by atoms with van der Waals surface area (Å²) in [6, 6.07) is 2.38. The van der Waals surface area contributed by atoms with Crippen molar-refractivity contribution < 1.29 is 9.32 Å². The molecule has 0 aromatic carbocycles. The Morgan fingerprint density at radius 1 is 1.25 bits per heavy atom. The van der Waals surface area contributed by atoms with E-state index in [2.05, 4.69) is 35.5 Å². The number of rotatable bonds is 3. The topological polar surface area (TPSA) is 64.2 Å². The van der Waals surface area contributed by atoms with E-state index in [1.807, 2.05) is 17.9 Å². The molecule has 1 fully saturated rings. The summed E-state index contributed by atoms with van der Waals surface area (Å²) in [5, 5.41) is 4.02. The van der Waals surface area contributed by atoms with Crippen molar-refractivity contribution in [1.82, 2.24) is 19.6 Å². The number of carbonyl (C=O) groups is 1. The van der Waals surface area contributed by atoms with Crippen molar-refractivity contribution in [2.24, 2.45) is 0 Å². The van der Waals surface area contributed by atoms with Gasteiger partial charge in [-0.15, -0.1) is 0 Å². The zero-order valence-electron chi connectivity index (χ0n) is 15.2. The maximum atomic E-state index is 12.9. The predicted octanol–water partition coefficient (Wildman–Crippen LogP) is 3.40. The fourth-order valence-corrected chi connectivity index (χ4v) is 3.78. The second kappa shape index (κ2) is 6.42. The summed E-state index contributed by atoms with van der Waals surface area (Å²) in [4.78, 5) is 19.2. The standard InChI is InChI=1S/C18H26N4O2/c1-11(2)22-12(3)10-16(13(22)4)18(23)21-8-6-15(7-9-21)17-19-14(5)24-20-17/h10-11,15H,6-9H2,1-5H3. The van der Waals surface area contributed by atoms with Crippen LogP contribution in [0.25, 0.3) is 0 Å². The molecule has 130 valence electrons. The Morgan fingerprint density at radius 2 is 1.92 bits per heavy atom. The maximum Gasteiger partial charge on any atom is 0.255 e. The first kappa shape index (κ1) is 16.7. The first-order valence-corrected chi connectivity index (χ1v) is 8.66. The van der Waals surface area contributed by atoms with Crippen LogP contribution in [0.1, 0.15) is 72.1 Å². The number of nitrogens with zero attached hydrogens (tertiary/aromatic N) is 4. The summed E-state index contributed by atoms with van der Waals surface area (Å²) < 4.78 is 7.30. The van der Waals surface area contributed by atoms with Gasteiger partial charge in [-0.25, -0.2) is 0 Å². The second-order valence-electron chi connectivity index (χ2n) is 6.99. The number of aryl methyl sites for hydroxylation is 2. The third-order valence-electron chi connectivity index (χ3n) is 4.92. The molecule has 1 aliphatic heterocycles. The van der Waals surface area contributed by atoms with E-state index in [-0.39, 0.29) is 11.8 Å². The number of piperidine rings is 1. The Kier molecular flexibility index (Phi) is 4.47. The highest BCUT2D eigenvalue weighted by molar-refractivity contribution is 5.95. The van der Waals surface area contributed by atoms with Gasteiger partial charge >= 0.3 is 0 Å². The maximum absolute atomic E-state index is 12.9. The molecule has 0 aliphatic carbocycles. The van der Waals surface area contributed by atoms with Gasteiger partial charge in [0.1, 0.15) is 0 Å². The van der Waals surface area contributed by atoms with Crippen LogP contribution in [0.5, 0.6) is 0 Å². The Bertz CT molecular complexity index is 736. The molecule has 2 aromatic heterocycles. The lowest BCUT2D eigenvalue weighted by molar-refractivity contribution is 0.0709. The second-order valence-corrected chi connectivity index (χ2v) is 6.99. The van der Waals surface area contributed by atoms with Gasteiger partial charge in [0, 0.05) is 43.4 Å². The molecule has 3 rings (SSSR count). The van der Waals surface area contributed by atoms with E-state index < -0.39 is 0 Å². The molecule has 1 amide bonds.